The van der Waals surface area contributed by atoms with Crippen molar-refractivity contribution in [2.45, 2.75) is 26.8 Å². The Kier molecular flexibility index (Phi) is 3.91. The summed E-state index contributed by atoms with van der Waals surface area (Å²) < 4.78 is 1.03. The van der Waals surface area contributed by atoms with E-state index in [4.69, 9.17) is 5.73 Å². The van der Waals surface area contributed by atoms with Gasteiger partial charge in [-0.25, -0.2) is 0 Å². The standard InChI is InChI=1S/C13H19N3O2S/c1-3-16(4-2)6-5-9-10(7-16)19-13(15-8-17)11(9)12(14)18/h8H,3-7H2,1-2H3,(H2-,14,15,17,18)/p+1. The molecule has 2 rings (SSSR count). The van der Waals surface area contributed by atoms with E-state index >= 15 is 0 Å². The topological polar surface area (TPSA) is 72.2 Å². The van der Waals surface area contributed by atoms with Crippen molar-refractivity contribution in [3.8, 4) is 0 Å². The number of hydrogen-bond acceptors (Lipinski definition) is 3. The van der Waals surface area contributed by atoms with Crippen molar-refractivity contribution in [2.75, 3.05) is 25.0 Å². The number of nitrogens with two attached hydrogens (primary N) is 1. The fourth-order valence-electron chi connectivity index (χ4n) is 2.82. The van der Waals surface area contributed by atoms with E-state index < -0.39 is 5.91 Å². The summed E-state index contributed by atoms with van der Waals surface area (Å²) in [6.07, 6.45) is 1.46. The molecule has 0 atom stereocenters. The van der Waals surface area contributed by atoms with E-state index in [9.17, 15) is 9.59 Å². The highest BCUT2D eigenvalue weighted by atomic mass is 32.1. The minimum Gasteiger partial charge on any atom is -0.365 e. The minimum atomic E-state index is -0.449. The van der Waals surface area contributed by atoms with Crippen LogP contribution in [0, 0.1) is 0 Å². The van der Waals surface area contributed by atoms with Crippen LogP contribution in [0.15, 0.2) is 0 Å². The van der Waals surface area contributed by atoms with Crippen LogP contribution in [0.3, 0.4) is 0 Å². The molecule has 0 aromatic carbocycles. The highest BCUT2D eigenvalue weighted by molar-refractivity contribution is 7.16. The van der Waals surface area contributed by atoms with Gasteiger partial charge >= 0.3 is 0 Å². The van der Waals surface area contributed by atoms with Crippen LogP contribution >= 0.6 is 11.3 Å². The molecule has 104 valence electrons. The summed E-state index contributed by atoms with van der Waals surface area (Å²) in [5.74, 6) is -0.449. The molecule has 19 heavy (non-hydrogen) atoms. The molecule has 0 bridgehead atoms. The van der Waals surface area contributed by atoms with Gasteiger partial charge in [0.25, 0.3) is 5.91 Å². The fourth-order valence-corrected chi connectivity index (χ4v) is 4.16. The first-order valence-electron chi connectivity index (χ1n) is 6.56. The molecule has 1 aromatic heterocycles. The Morgan fingerprint density at radius 1 is 1.47 bits per heavy atom. The first-order chi connectivity index (χ1) is 9.06. The number of rotatable bonds is 5. The average molecular weight is 282 g/mol. The van der Waals surface area contributed by atoms with Crippen molar-refractivity contribution in [2.24, 2.45) is 5.73 Å². The van der Waals surface area contributed by atoms with Crippen molar-refractivity contribution in [3.63, 3.8) is 0 Å². The van der Waals surface area contributed by atoms with E-state index in [2.05, 4.69) is 19.2 Å². The largest absolute Gasteiger partial charge is 0.365 e. The summed E-state index contributed by atoms with van der Waals surface area (Å²) in [7, 11) is 0. The predicted octanol–water partition coefficient (Wildman–Crippen LogP) is 1.33. The number of carbonyl (C=O) groups is 2. The van der Waals surface area contributed by atoms with Crippen molar-refractivity contribution in [1.82, 2.24) is 0 Å². The van der Waals surface area contributed by atoms with Crippen molar-refractivity contribution >= 4 is 28.7 Å². The number of anilines is 1. The Labute approximate surface area is 117 Å². The first-order valence-corrected chi connectivity index (χ1v) is 7.38. The molecule has 0 saturated heterocycles. The molecular weight excluding hydrogens is 262 g/mol. The third-order valence-electron chi connectivity index (χ3n) is 4.18. The van der Waals surface area contributed by atoms with Crippen molar-refractivity contribution < 1.29 is 14.1 Å². The molecular formula is C13H20N3O2S+. The van der Waals surface area contributed by atoms with Crippen LogP contribution in [0.5, 0.6) is 0 Å². The van der Waals surface area contributed by atoms with Gasteiger partial charge in [-0.2, -0.15) is 0 Å². The predicted molar refractivity (Wildman–Crippen MR) is 76.1 cm³/mol. The molecule has 1 aromatic rings. The van der Waals surface area contributed by atoms with Gasteiger partial charge in [-0.3, -0.25) is 9.59 Å². The molecule has 5 nitrogen and oxygen atoms in total. The lowest BCUT2D eigenvalue weighted by molar-refractivity contribution is -0.939. The van der Waals surface area contributed by atoms with E-state index in [1.807, 2.05) is 0 Å². The third-order valence-corrected chi connectivity index (χ3v) is 5.33. The quantitative estimate of drug-likeness (QED) is 0.631. The number of quaternary nitrogens is 1. The Morgan fingerprint density at radius 2 is 2.16 bits per heavy atom. The zero-order valence-electron chi connectivity index (χ0n) is 11.4. The maximum absolute atomic E-state index is 11.6. The SMILES string of the molecule is CC[N+]1(CC)CCc2c(sc(NC=O)c2C(N)=O)C1. The van der Waals surface area contributed by atoms with E-state index in [-0.39, 0.29) is 0 Å². The second kappa shape index (κ2) is 5.30. The van der Waals surface area contributed by atoms with Crippen LogP contribution < -0.4 is 11.1 Å². The number of hydrogen-bond donors (Lipinski definition) is 2. The number of nitrogens with one attached hydrogen (secondary N) is 1. The maximum Gasteiger partial charge on any atom is 0.252 e. The summed E-state index contributed by atoms with van der Waals surface area (Å²) in [4.78, 5) is 23.4. The summed E-state index contributed by atoms with van der Waals surface area (Å²) in [6.45, 7) is 8.50. The Bertz CT molecular complexity index is 506. The fraction of sp³-hybridized carbons (Fsp3) is 0.538. The van der Waals surface area contributed by atoms with Gasteiger partial charge in [0.15, 0.2) is 0 Å². The van der Waals surface area contributed by atoms with Gasteiger partial charge in [0.2, 0.25) is 6.41 Å². The average Bonchev–Trinajstić information content (AvgIpc) is 2.75. The third kappa shape index (κ3) is 2.37. The molecule has 2 heterocycles. The maximum atomic E-state index is 11.6. The van der Waals surface area contributed by atoms with Crippen molar-refractivity contribution in [1.29, 1.82) is 0 Å². The molecule has 3 N–H and O–H groups in total. The summed E-state index contributed by atoms with van der Waals surface area (Å²) in [6, 6.07) is 0. The van der Waals surface area contributed by atoms with Gasteiger partial charge in [-0.05, 0) is 19.4 Å². The van der Waals surface area contributed by atoms with Gasteiger partial charge < -0.3 is 15.5 Å². The second-order valence-corrected chi connectivity index (χ2v) is 6.05. The molecule has 0 saturated carbocycles. The smallest absolute Gasteiger partial charge is 0.252 e. The normalized spacial score (nSPS) is 16.7. The van der Waals surface area contributed by atoms with Crippen LogP contribution in [-0.4, -0.2) is 36.4 Å². The zero-order valence-corrected chi connectivity index (χ0v) is 12.2. The van der Waals surface area contributed by atoms with E-state index in [0.29, 0.717) is 17.0 Å². The first kappa shape index (κ1) is 14.0. The number of primary amides is 1. The number of nitrogens with zero attached hydrogens (tertiary/aromatic N) is 1. The number of thiophene rings is 1. The minimum absolute atomic E-state index is 0.449. The van der Waals surface area contributed by atoms with Crippen LogP contribution in [0.2, 0.25) is 0 Å². The number of fused-ring (bicyclic) bond motifs is 1. The van der Waals surface area contributed by atoms with Crippen LogP contribution in [0.25, 0.3) is 0 Å². The van der Waals surface area contributed by atoms with E-state index in [0.717, 1.165) is 42.6 Å². The molecule has 0 radical (unpaired) electrons. The molecule has 2 amide bonds. The van der Waals surface area contributed by atoms with Crippen LogP contribution in [0.1, 0.15) is 34.6 Å². The monoisotopic (exact) mass is 282 g/mol. The van der Waals surface area contributed by atoms with Crippen LogP contribution in [-0.2, 0) is 17.8 Å². The number of carbonyl (C=O) groups excluding carboxylic acids is 2. The molecule has 0 fully saturated rings. The van der Waals surface area contributed by atoms with Gasteiger partial charge in [0, 0.05) is 6.42 Å². The molecule has 1 aliphatic rings. The molecule has 6 heteroatoms. The molecule has 0 spiro atoms. The Morgan fingerprint density at radius 3 is 2.68 bits per heavy atom. The lowest BCUT2D eigenvalue weighted by Gasteiger charge is -2.39. The number of amides is 2. The van der Waals surface area contributed by atoms with E-state index in [1.54, 1.807) is 0 Å². The molecule has 0 unspecified atom stereocenters. The van der Waals surface area contributed by atoms with E-state index in [1.165, 1.54) is 16.2 Å². The van der Waals surface area contributed by atoms with Crippen molar-refractivity contribution in [3.05, 3.63) is 16.0 Å². The summed E-state index contributed by atoms with van der Waals surface area (Å²) in [5.41, 5.74) is 7.00. The lowest BCUT2D eigenvalue weighted by Crippen LogP contribution is -2.50. The Balaban J connectivity index is 2.44. The molecule has 1 aliphatic heterocycles. The number of likely N-dealkylation sites (N-methyl/N-ethyl adjacent to an activating group) is 1. The van der Waals surface area contributed by atoms with Gasteiger partial charge in [-0.15, -0.1) is 11.3 Å². The highest BCUT2D eigenvalue weighted by Crippen LogP contribution is 2.38. The highest BCUT2D eigenvalue weighted by Gasteiger charge is 2.34. The Hall–Kier alpha value is -1.40. The van der Waals surface area contributed by atoms with Gasteiger partial charge in [0.1, 0.15) is 11.5 Å². The van der Waals surface area contributed by atoms with Crippen LogP contribution in [0.4, 0.5) is 5.00 Å². The lowest BCUT2D eigenvalue weighted by atomic mass is 10.0. The summed E-state index contributed by atoms with van der Waals surface area (Å²) >= 11 is 1.49. The van der Waals surface area contributed by atoms with Gasteiger partial charge in [0.05, 0.1) is 30.1 Å². The zero-order chi connectivity index (χ0) is 14.0. The summed E-state index contributed by atoms with van der Waals surface area (Å²) in [5, 5.41) is 3.21. The molecule has 0 aliphatic carbocycles. The second-order valence-electron chi connectivity index (χ2n) is 4.94. The van der Waals surface area contributed by atoms with Gasteiger partial charge in [-0.1, -0.05) is 0 Å².